The second-order valence-electron chi connectivity index (χ2n) is 8.32. The maximum Gasteiger partial charge on any atom is 0.326 e. The van der Waals surface area contributed by atoms with Crippen LogP contribution in [0.4, 0.5) is 0 Å². The van der Waals surface area contributed by atoms with E-state index >= 15 is 0 Å². The predicted octanol–water partition coefficient (Wildman–Crippen LogP) is -1.66. The van der Waals surface area contributed by atoms with E-state index in [0.29, 0.717) is 37.3 Å². The fraction of sp³-hybridized carbons (Fsp3) is 0.619. The van der Waals surface area contributed by atoms with Gasteiger partial charge in [-0.3, -0.25) is 19.2 Å². The zero-order valence-corrected chi connectivity index (χ0v) is 20.4. The summed E-state index contributed by atoms with van der Waals surface area (Å²) in [6.45, 7) is 0.384. The summed E-state index contributed by atoms with van der Waals surface area (Å²) >= 11 is 1.57. The molecule has 1 fully saturated rings. The van der Waals surface area contributed by atoms with E-state index in [2.05, 4.69) is 20.6 Å². The molecule has 1 aromatic rings. The highest BCUT2D eigenvalue weighted by Crippen LogP contribution is 2.19. The molecule has 194 valence electrons. The molecule has 0 aromatic carbocycles. The van der Waals surface area contributed by atoms with E-state index in [1.165, 1.54) is 17.4 Å². The third-order valence-electron chi connectivity index (χ3n) is 5.69. The van der Waals surface area contributed by atoms with Crippen LogP contribution in [0.3, 0.4) is 0 Å². The Morgan fingerprint density at radius 2 is 2.00 bits per heavy atom. The monoisotopic (exact) mass is 511 g/mol. The molecule has 13 nitrogen and oxygen atoms in total. The Bertz CT molecular complexity index is 897. The van der Waals surface area contributed by atoms with Gasteiger partial charge in [-0.2, -0.15) is 11.8 Å². The number of aliphatic carboxylic acids is 1. The fourth-order valence-electron chi connectivity index (χ4n) is 3.79. The molecule has 14 heteroatoms. The van der Waals surface area contributed by atoms with Gasteiger partial charge in [-0.25, -0.2) is 9.78 Å². The molecule has 0 bridgehead atoms. The molecule has 0 aliphatic carbocycles. The third kappa shape index (κ3) is 8.55. The van der Waals surface area contributed by atoms with Crippen molar-refractivity contribution < 1.29 is 29.1 Å². The first-order chi connectivity index (χ1) is 16.6. The molecule has 0 radical (unpaired) electrons. The predicted molar refractivity (Wildman–Crippen MR) is 128 cm³/mol. The van der Waals surface area contributed by atoms with Crippen LogP contribution < -0.4 is 22.1 Å². The van der Waals surface area contributed by atoms with E-state index in [0.717, 1.165) is 0 Å². The molecular weight excluding hydrogens is 478 g/mol. The van der Waals surface area contributed by atoms with E-state index in [9.17, 15) is 29.1 Å². The van der Waals surface area contributed by atoms with Gasteiger partial charge in [0.25, 0.3) is 0 Å². The van der Waals surface area contributed by atoms with Crippen molar-refractivity contribution in [2.75, 3.05) is 18.6 Å². The van der Waals surface area contributed by atoms with Crippen LogP contribution in [0, 0.1) is 0 Å². The number of primary amides is 1. The summed E-state index contributed by atoms with van der Waals surface area (Å²) in [6.07, 6.45) is 5.90. The average Bonchev–Trinajstić information content (AvgIpc) is 3.50. The van der Waals surface area contributed by atoms with Crippen molar-refractivity contribution in [1.29, 1.82) is 0 Å². The lowest BCUT2D eigenvalue weighted by molar-refractivity contribution is -0.143. The first-order valence-electron chi connectivity index (χ1n) is 11.3. The van der Waals surface area contributed by atoms with E-state index in [1.54, 1.807) is 11.8 Å². The molecule has 1 aliphatic rings. The SMILES string of the molecule is CSCCC(N)C(=O)N1CCCC1C(=O)NC(Cc1cnc[nH]1)C(=O)NC(CCC(N)=O)C(=O)O. The van der Waals surface area contributed by atoms with Crippen molar-refractivity contribution in [3.8, 4) is 0 Å². The summed E-state index contributed by atoms with van der Waals surface area (Å²) in [5.41, 5.74) is 11.6. The summed E-state index contributed by atoms with van der Waals surface area (Å²) in [5.74, 6) is -2.92. The number of H-pyrrole nitrogens is 1. The molecule has 4 unspecified atom stereocenters. The number of carboxylic acids is 1. The average molecular weight is 512 g/mol. The minimum Gasteiger partial charge on any atom is -0.480 e. The van der Waals surface area contributed by atoms with Gasteiger partial charge < -0.3 is 37.1 Å². The summed E-state index contributed by atoms with van der Waals surface area (Å²) in [7, 11) is 0. The highest BCUT2D eigenvalue weighted by Gasteiger charge is 2.38. The Kier molecular flexibility index (Phi) is 11.0. The van der Waals surface area contributed by atoms with Crippen LogP contribution in [0.2, 0.25) is 0 Å². The zero-order valence-electron chi connectivity index (χ0n) is 19.6. The molecule has 1 aliphatic heterocycles. The van der Waals surface area contributed by atoms with Crippen molar-refractivity contribution in [2.45, 2.75) is 62.7 Å². The highest BCUT2D eigenvalue weighted by atomic mass is 32.2. The van der Waals surface area contributed by atoms with Gasteiger partial charge in [-0.05, 0) is 37.7 Å². The van der Waals surface area contributed by atoms with Crippen LogP contribution in [0.15, 0.2) is 12.5 Å². The summed E-state index contributed by atoms with van der Waals surface area (Å²) in [4.78, 5) is 69.7. The Hall–Kier alpha value is -3.13. The molecule has 8 N–H and O–H groups in total. The number of nitrogens with one attached hydrogen (secondary N) is 3. The maximum absolute atomic E-state index is 13.1. The van der Waals surface area contributed by atoms with Crippen LogP contribution in [0.25, 0.3) is 0 Å². The molecule has 2 heterocycles. The Balaban J connectivity index is 2.13. The van der Waals surface area contributed by atoms with Gasteiger partial charge in [0.15, 0.2) is 0 Å². The number of carboxylic acid groups (broad SMARTS) is 1. The third-order valence-corrected chi connectivity index (χ3v) is 6.34. The highest BCUT2D eigenvalue weighted by molar-refractivity contribution is 7.98. The molecule has 1 saturated heterocycles. The number of likely N-dealkylation sites (tertiary alicyclic amines) is 1. The van der Waals surface area contributed by atoms with Gasteiger partial charge in [0.2, 0.25) is 23.6 Å². The molecule has 0 spiro atoms. The van der Waals surface area contributed by atoms with Crippen LogP contribution in [-0.2, 0) is 30.4 Å². The second kappa shape index (κ2) is 13.7. The Labute approximate surface area is 207 Å². The Morgan fingerprint density at radius 1 is 1.26 bits per heavy atom. The second-order valence-corrected chi connectivity index (χ2v) is 9.31. The number of thioether (sulfide) groups is 1. The smallest absolute Gasteiger partial charge is 0.326 e. The quantitative estimate of drug-likeness (QED) is 0.168. The van der Waals surface area contributed by atoms with E-state index in [1.807, 2.05) is 6.26 Å². The van der Waals surface area contributed by atoms with Crippen LogP contribution >= 0.6 is 11.8 Å². The number of hydrogen-bond acceptors (Lipinski definition) is 8. The summed E-state index contributed by atoms with van der Waals surface area (Å²) < 4.78 is 0. The van der Waals surface area contributed by atoms with Crippen molar-refractivity contribution in [3.05, 3.63) is 18.2 Å². The lowest BCUT2D eigenvalue weighted by Gasteiger charge is -2.28. The van der Waals surface area contributed by atoms with Crippen molar-refractivity contribution in [3.63, 3.8) is 0 Å². The lowest BCUT2D eigenvalue weighted by atomic mass is 10.1. The van der Waals surface area contributed by atoms with Gasteiger partial charge in [-0.15, -0.1) is 0 Å². The summed E-state index contributed by atoms with van der Waals surface area (Å²) in [5, 5.41) is 14.4. The number of carbonyl (C=O) groups is 5. The summed E-state index contributed by atoms with van der Waals surface area (Å²) in [6, 6.07) is -4.03. The van der Waals surface area contributed by atoms with E-state index in [-0.39, 0.29) is 25.2 Å². The molecule has 35 heavy (non-hydrogen) atoms. The standard InChI is InChI=1S/C21H33N7O6S/c1-35-8-6-13(22)20(32)28-7-2-3-16(28)19(31)27-15(9-12-10-24-11-25-12)18(30)26-14(21(33)34)4-5-17(23)29/h10-11,13-16H,2-9,22H2,1H3,(H2,23,29)(H,24,25)(H,26,30)(H,27,31)(H,33,34). The van der Waals surface area contributed by atoms with E-state index in [4.69, 9.17) is 11.5 Å². The molecule has 4 amide bonds. The number of aromatic amines is 1. The first-order valence-corrected chi connectivity index (χ1v) is 12.7. The molecular formula is C21H33N7O6S. The lowest BCUT2D eigenvalue weighted by Crippen LogP contribution is -2.57. The molecule has 4 atom stereocenters. The number of carbonyl (C=O) groups excluding carboxylic acids is 4. The molecule has 0 saturated carbocycles. The minimum absolute atomic E-state index is 0.00757. The maximum atomic E-state index is 13.1. The largest absolute Gasteiger partial charge is 0.480 e. The van der Waals surface area contributed by atoms with Crippen LogP contribution in [-0.4, -0.2) is 92.3 Å². The minimum atomic E-state index is -1.37. The number of imidazole rings is 1. The molecule has 2 rings (SSSR count). The first kappa shape index (κ1) is 28.1. The van der Waals surface area contributed by atoms with Crippen molar-refractivity contribution >= 4 is 41.4 Å². The number of aromatic nitrogens is 2. The number of rotatable bonds is 14. The van der Waals surface area contributed by atoms with Crippen LogP contribution in [0.5, 0.6) is 0 Å². The number of amides is 4. The fourth-order valence-corrected chi connectivity index (χ4v) is 4.28. The van der Waals surface area contributed by atoms with Crippen molar-refractivity contribution in [2.24, 2.45) is 11.5 Å². The van der Waals surface area contributed by atoms with Gasteiger partial charge in [0, 0.05) is 31.3 Å². The Morgan fingerprint density at radius 3 is 2.60 bits per heavy atom. The normalized spacial score (nSPS) is 17.9. The zero-order chi connectivity index (χ0) is 26.0. The topological polar surface area (TPSA) is 214 Å². The number of nitrogens with zero attached hydrogens (tertiary/aromatic N) is 2. The van der Waals surface area contributed by atoms with Gasteiger partial charge in [0.1, 0.15) is 18.1 Å². The van der Waals surface area contributed by atoms with Crippen LogP contribution in [0.1, 0.15) is 37.8 Å². The van der Waals surface area contributed by atoms with Gasteiger partial charge >= 0.3 is 5.97 Å². The van der Waals surface area contributed by atoms with Crippen molar-refractivity contribution in [1.82, 2.24) is 25.5 Å². The van der Waals surface area contributed by atoms with Gasteiger partial charge in [0.05, 0.1) is 12.4 Å². The van der Waals surface area contributed by atoms with E-state index < -0.39 is 47.9 Å². The number of nitrogens with two attached hydrogens (primary N) is 2. The van der Waals surface area contributed by atoms with Gasteiger partial charge in [-0.1, -0.05) is 0 Å². The number of hydrogen-bond donors (Lipinski definition) is 6. The molecule has 1 aromatic heterocycles.